The molecule has 0 bridgehead atoms. The van der Waals surface area contributed by atoms with Crippen molar-refractivity contribution < 1.29 is 9.84 Å². The molecule has 2 rings (SSSR count). The average Bonchev–Trinajstić information content (AvgIpc) is 2.52. The van der Waals surface area contributed by atoms with E-state index in [0.717, 1.165) is 16.9 Å². The number of nitrogens with one attached hydrogen (secondary N) is 1. The van der Waals surface area contributed by atoms with Gasteiger partial charge in [0, 0.05) is 24.3 Å². The summed E-state index contributed by atoms with van der Waals surface area (Å²) in [7, 11) is 1.61. The van der Waals surface area contributed by atoms with Gasteiger partial charge in [-0.3, -0.25) is 0 Å². The van der Waals surface area contributed by atoms with Gasteiger partial charge in [-0.05, 0) is 30.7 Å². The van der Waals surface area contributed by atoms with Gasteiger partial charge in [-0.15, -0.1) is 0 Å². The maximum Gasteiger partial charge on any atom is 0.133 e. The van der Waals surface area contributed by atoms with E-state index >= 15 is 0 Å². The minimum Gasteiger partial charge on any atom is -0.497 e. The first kappa shape index (κ1) is 15.8. The lowest BCUT2D eigenvalue weighted by Crippen LogP contribution is -2.25. The normalized spacial score (nSPS) is 13.7. The van der Waals surface area contributed by atoms with E-state index in [1.165, 1.54) is 0 Å². The van der Waals surface area contributed by atoms with Crippen LogP contribution in [0.4, 0.5) is 0 Å². The zero-order chi connectivity index (χ0) is 15.2. The molecule has 1 aromatic carbocycles. The molecule has 2 unspecified atom stereocenters. The molecular weight excluding hydrogens is 288 g/mol. The SMILES string of the molecule is COc1cccc(C(O)CNC(C)c2cccnc2Cl)c1. The van der Waals surface area contributed by atoms with E-state index in [9.17, 15) is 5.11 Å². The molecule has 2 N–H and O–H groups in total. The van der Waals surface area contributed by atoms with Crippen LogP contribution >= 0.6 is 11.6 Å². The lowest BCUT2D eigenvalue weighted by Gasteiger charge is -2.18. The number of nitrogens with zero attached hydrogens (tertiary/aromatic N) is 1. The highest BCUT2D eigenvalue weighted by Crippen LogP contribution is 2.22. The van der Waals surface area contributed by atoms with Gasteiger partial charge in [0.25, 0.3) is 0 Å². The number of pyridine rings is 1. The number of rotatable bonds is 6. The van der Waals surface area contributed by atoms with E-state index in [1.807, 2.05) is 43.3 Å². The highest BCUT2D eigenvalue weighted by molar-refractivity contribution is 6.30. The van der Waals surface area contributed by atoms with Gasteiger partial charge in [-0.1, -0.05) is 29.8 Å². The summed E-state index contributed by atoms with van der Waals surface area (Å²) in [5.41, 5.74) is 1.73. The predicted octanol–water partition coefficient (Wildman–Crippen LogP) is 3.13. The number of hydrogen-bond donors (Lipinski definition) is 2. The monoisotopic (exact) mass is 306 g/mol. The molecule has 1 heterocycles. The van der Waals surface area contributed by atoms with Crippen molar-refractivity contribution in [1.29, 1.82) is 0 Å². The zero-order valence-corrected chi connectivity index (χ0v) is 12.8. The van der Waals surface area contributed by atoms with Gasteiger partial charge in [0.1, 0.15) is 10.9 Å². The molecule has 0 spiro atoms. The standard InChI is InChI=1S/C16H19ClN2O2/c1-11(14-7-4-8-18-16(14)17)19-10-15(20)12-5-3-6-13(9-12)21-2/h3-9,11,15,19-20H,10H2,1-2H3. The quantitative estimate of drug-likeness (QED) is 0.805. The largest absolute Gasteiger partial charge is 0.497 e. The van der Waals surface area contributed by atoms with E-state index in [-0.39, 0.29) is 6.04 Å². The Bertz CT molecular complexity index is 592. The van der Waals surface area contributed by atoms with Gasteiger partial charge in [0.2, 0.25) is 0 Å². The fourth-order valence-electron chi connectivity index (χ4n) is 2.09. The van der Waals surface area contributed by atoms with Crippen molar-refractivity contribution in [3.63, 3.8) is 0 Å². The Labute approximate surface area is 129 Å². The Balaban J connectivity index is 1.97. The molecule has 1 aromatic heterocycles. The summed E-state index contributed by atoms with van der Waals surface area (Å²) in [6.45, 7) is 2.40. The molecular formula is C16H19ClN2O2. The van der Waals surface area contributed by atoms with Gasteiger partial charge in [0.15, 0.2) is 0 Å². The van der Waals surface area contributed by atoms with E-state index < -0.39 is 6.10 Å². The zero-order valence-electron chi connectivity index (χ0n) is 12.1. The van der Waals surface area contributed by atoms with Crippen molar-refractivity contribution in [1.82, 2.24) is 10.3 Å². The summed E-state index contributed by atoms with van der Waals surface area (Å²) < 4.78 is 5.16. The van der Waals surface area contributed by atoms with Crippen molar-refractivity contribution >= 4 is 11.6 Å². The van der Waals surface area contributed by atoms with Crippen molar-refractivity contribution in [2.24, 2.45) is 0 Å². The maximum atomic E-state index is 10.2. The van der Waals surface area contributed by atoms with Crippen molar-refractivity contribution in [3.8, 4) is 5.75 Å². The first-order valence-electron chi connectivity index (χ1n) is 6.77. The third-order valence-electron chi connectivity index (χ3n) is 3.35. The van der Waals surface area contributed by atoms with Crippen LogP contribution in [0.25, 0.3) is 0 Å². The van der Waals surface area contributed by atoms with Crippen molar-refractivity contribution in [2.75, 3.05) is 13.7 Å². The molecule has 0 aliphatic rings. The van der Waals surface area contributed by atoms with Gasteiger partial charge in [-0.25, -0.2) is 4.98 Å². The van der Waals surface area contributed by atoms with Crippen LogP contribution in [0.1, 0.15) is 30.2 Å². The number of halogens is 1. The summed E-state index contributed by atoms with van der Waals surface area (Å²) >= 11 is 6.06. The van der Waals surface area contributed by atoms with Gasteiger partial charge in [-0.2, -0.15) is 0 Å². The Morgan fingerprint density at radius 2 is 2.14 bits per heavy atom. The number of benzene rings is 1. The molecule has 0 amide bonds. The average molecular weight is 307 g/mol. The van der Waals surface area contributed by atoms with Gasteiger partial charge < -0.3 is 15.2 Å². The van der Waals surface area contributed by atoms with Crippen LogP contribution in [0.3, 0.4) is 0 Å². The van der Waals surface area contributed by atoms with Crippen LogP contribution in [-0.4, -0.2) is 23.7 Å². The Kier molecular flexibility index (Phi) is 5.56. The number of methoxy groups -OCH3 is 1. The number of hydrogen-bond acceptors (Lipinski definition) is 4. The molecule has 5 heteroatoms. The van der Waals surface area contributed by atoms with Gasteiger partial charge in [0.05, 0.1) is 13.2 Å². The third kappa shape index (κ3) is 4.17. The Morgan fingerprint density at radius 1 is 1.33 bits per heavy atom. The topological polar surface area (TPSA) is 54.4 Å². The second-order valence-electron chi connectivity index (χ2n) is 4.81. The van der Waals surface area contributed by atoms with E-state index in [1.54, 1.807) is 13.3 Å². The Morgan fingerprint density at radius 3 is 2.86 bits per heavy atom. The summed E-state index contributed by atoms with van der Waals surface area (Å²) in [5.74, 6) is 0.731. The molecule has 0 fully saturated rings. The predicted molar refractivity (Wildman–Crippen MR) is 83.6 cm³/mol. The van der Waals surface area contributed by atoms with Crippen LogP contribution in [0.5, 0.6) is 5.75 Å². The second-order valence-corrected chi connectivity index (χ2v) is 5.16. The van der Waals surface area contributed by atoms with Crippen LogP contribution < -0.4 is 10.1 Å². The minimum absolute atomic E-state index is 0.00598. The van der Waals surface area contributed by atoms with E-state index in [2.05, 4.69) is 10.3 Å². The Hall–Kier alpha value is -1.62. The summed E-state index contributed by atoms with van der Waals surface area (Å²) in [6.07, 6.45) is 1.04. The third-order valence-corrected chi connectivity index (χ3v) is 3.67. The molecule has 112 valence electrons. The fraction of sp³-hybridized carbons (Fsp3) is 0.312. The molecule has 0 aliphatic heterocycles. The van der Waals surface area contributed by atoms with Crippen molar-refractivity contribution in [3.05, 3.63) is 58.9 Å². The number of aliphatic hydroxyl groups is 1. The van der Waals surface area contributed by atoms with Crippen LogP contribution in [0, 0.1) is 0 Å². The van der Waals surface area contributed by atoms with E-state index in [0.29, 0.717) is 11.7 Å². The second kappa shape index (κ2) is 7.41. The number of ether oxygens (including phenoxy) is 1. The van der Waals surface area contributed by atoms with Crippen LogP contribution in [0.2, 0.25) is 5.15 Å². The molecule has 2 atom stereocenters. The highest BCUT2D eigenvalue weighted by atomic mass is 35.5. The van der Waals surface area contributed by atoms with Crippen molar-refractivity contribution in [2.45, 2.75) is 19.1 Å². The lowest BCUT2D eigenvalue weighted by molar-refractivity contribution is 0.170. The van der Waals surface area contributed by atoms with E-state index in [4.69, 9.17) is 16.3 Å². The molecule has 2 aromatic rings. The molecule has 0 saturated heterocycles. The number of aromatic nitrogens is 1. The molecule has 0 aliphatic carbocycles. The molecule has 0 saturated carbocycles. The van der Waals surface area contributed by atoms with Crippen LogP contribution in [0.15, 0.2) is 42.6 Å². The summed E-state index contributed by atoms with van der Waals surface area (Å²) in [6, 6.07) is 11.2. The lowest BCUT2D eigenvalue weighted by atomic mass is 10.1. The van der Waals surface area contributed by atoms with Crippen LogP contribution in [-0.2, 0) is 0 Å². The summed E-state index contributed by atoms with van der Waals surface area (Å²) in [4.78, 5) is 4.05. The molecule has 4 nitrogen and oxygen atoms in total. The molecule has 0 radical (unpaired) electrons. The summed E-state index contributed by atoms with van der Waals surface area (Å²) in [5, 5.41) is 14.0. The highest BCUT2D eigenvalue weighted by Gasteiger charge is 2.13. The first-order valence-corrected chi connectivity index (χ1v) is 7.15. The first-order chi connectivity index (χ1) is 10.1. The minimum atomic E-state index is -0.613. The fourth-order valence-corrected chi connectivity index (χ4v) is 2.37. The smallest absolute Gasteiger partial charge is 0.133 e. The maximum absolute atomic E-state index is 10.2. The number of aliphatic hydroxyl groups excluding tert-OH is 1. The molecule has 21 heavy (non-hydrogen) atoms. The van der Waals surface area contributed by atoms with Gasteiger partial charge >= 0.3 is 0 Å².